The minimum Gasteiger partial charge on any atom is -0.497 e. The average molecular weight is 406 g/mol. The number of hydrogen-bond donors (Lipinski definition) is 1. The number of carbonyl (C=O) groups excluding carboxylic acids is 1. The summed E-state index contributed by atoms with van der Waals surface area (Å²) in [5.41, 5.74) is 1.43. The van der Waals surface area contributed by atoms with Crippen molar-refractivity contribution in [2.24, 2.45) is 0 Å². The van der Waals surface area contributed by atoms with E-state index in [-0.39, 0.29) is 16.9 Å². The van der Waals surface area contributed by atoms with Gasteiger partial charge in [0, 0.05) is 10.6 Å². The molecule has 0 aliphatic carbocycles. The van der Waals surface area contributed by atoms with Crippen LogP contribution in [0.25, 0.3) is 22.1 Å². The van der Waals surface area contributed by atoms with Gasteiger partial charge in [0.05, 0.1) is 18.1 Å². The highest BCUT2D eigenvalue weighted by atomic mass is 35.5. The number of methoxy groups -OCH3 is 1. The van der Waals surface area contributed by atoms with Crippen molar-refractivity contribution in [1.82, 2.24) is 0 Å². The number of benzene rings is 3. The summed E-state index contributed by atoms with van der Waals surface area (Å²) < 4.78 is 11.1. The number of carbonyl (C=O) groups is 1. The van der Waals surface area contributed by atoms with Gasteiger partial charge >= 0.3 is 0 Å². The van der Waals surface area contributed by atoms with E-state index in [1.165, 1.54) is 0 Å². The zero-order valence-corrected chi connectivity index (χ0v) is 16.2. The number of para-hydroxylation sites is 1. The Bertz CT molecular complexity index is 1240. The first kappa shape index (κ1) is 18.8. The van der Waals surface area contributed by atoms with E-state index in [2.05, 4.69) is 5.32 Å². The van der Waals surface area contributed by atoms with Gasteiger partial charge in [-0.15, -0.1) is 0 Å². The van der Waals surface area contributed by atoms with E-state index in [1.54, 1.807) is 79.9 Å². The SMILES string of the molecule is COc1ccc(-c2c(NC(=O)c3ccc(Cl)cc3)oc3ccccc3c2=O)cc1. The summed E-state index contributed by atoms with van der Waals surface area (Å²) in [6, 6.07) is 20.3. The Hall–Kier alpha value is -3.57. The summed E-state index contributed by atoms with van der Waals surface area (Å²) in [6.07, 6.45) is 0. The van der Waals surface area contributed by atoms with Crippen molar-refractivity contribution >= 4 is 34.4 Å². The van der Waals surface area contributed by atoms with Gasteiger partial charge in [0.25, 0.3) is 5.91 Å². The van der Waals surface area contributed by atoms with E-state index in [0.717, 1.165) is 0 Å². The van der Waals surface area contributed by atoms with Crippen LogP contribution in [0.15, 0.2) is 82.0 Å². The second-order valence-electron chi connectivity index (χ2n) is 6.32. The standard InChI is InChI=1S/C23H16ClNO4/c1-28-17-12-8-14(9-13-17)20-21(26)18-4-2-3-5-19(18)29-23(20)25-22(27)15-6-10-16(24)11-7-15/h2-13H,1H3,(H,25,27). The van der Waals surface area contributed by atoms with Gasteiger partial charge in [-0.1, -0.05) is 35.9 Å². The fourth-order valence-electron chi connectivity index (χ4n) is 3.03. The molecule has 29 heavy (non-hydrogen) atoms. The highest BCUT2D eigenvalue weighted by Gasteiger charge is 2.19. The van der Waals surface area contributed by atoms with E-state index < -0.39 is 5.91 Å². The number of fused-ring (bicyclic) bond motifs is 1. The molecule has 5 nitrogen and oxygen atoms in total. The Morgan fingerprint density at radius 1 is 0.966 bits per heavy atom. The van der Waals surface area contributed by atoms with Crippen molar-refractivity contribution < 1.29 is 13.9 Å². The van der Waals surface area contributed by atoms with Crippen molar-refractivity contribution in [1.29, 1.82) is 0 Å². The monoisotopic (exact) mass is 405 g/mol. The molecule has 4 rings (SSSR count). The number of anilines is 1. The zero-order valence-electron chi connectivity index (χ0n) is 15.4. The van der Waals surface area contributed by atoms with Crippen LogP contribution in [0.2, 0.25) is 5.02 Å². The van der Waals surface area contributed by atoms with Crippen LogP contribution in [0.1, 0.15) is 10.4 Å². The molecule has 0 aliphatic heterocycles. The van der Waals surface area contributed by atoms with E-state index in [4.69, 9.17) is 20.8 Å². The maximum absolute atomic E-state index is 13.2. The summed E-state index contributed by atoms with van der Waals surface area (Å²) in [6.45, 7) is 0. The molecular formula is C23H16ClNO4. The topological polar surface area (TPSA) is 68.5 Å². The Labute approximate surface area is 171 Å². The van der Waals surface area contributed by atoms with Crippen LogP contribution in [0.5, 0.6) is 5.75 Å². The van der Waals surface area contributed by atoms with E-state index in [9.17, 15) is 9.59 Å². The number of hydrogen-bond acceptors (Lipinski definition) is 4. The smallest absolute Gasteiger partial charge is 0.257 e. The van der Waals surface area contributed by atoms with Crippen molar-refractivity contribution in [3.05, 3.63) is 93.6 Å². The summed E-state index contributed by atoms with van der Waals surface area (Å²) in [5.74, 6) is 0.333. The lowest BCUT2D eigenvalue weighted by atomic mass is 10.0. The molecule has 6 heteroatoms. The van der Waals surface area contributed by atoms with Gasteiger partial charge in [-0.25, -0.2) is 0 Å². The van der Waals surface area contributed by atoms with Gasteiger partial charge < -0.3 is 9.15 Å². The molecule has 1 N–H and O–H groups in total. The van der Waals surface area contributed by atoms with Crippen molar-refractivity contribution in [3.8, 4) is 16.9 Å². The molecule has 4 aromatic rings. The van der Waals surface area contributed by atoms with Gasteiger partial charge in [0.15, 0.2) is 0 Å². The molecule has 144 valence electrons. The zero-order chi connectivity index (χ0) is 20.4. The van der Waals surface area contributed by atoms with Gasteiger partial charge in [0.1, 0.15) is 11.3 Å². The predicted octanol–water partition coefficient (Wildman–Crippen LogP) is 5.37. The van der Waals surface area contributed by atoms with Crippen LogP contribution < -0.4 is 15.5 Å². The molecule has 0 saturated heterocycles. The maximum Gasteiger partial charge on any atom is 0.257 e. The summed E-state index contributed by atoms with van der Waals surface area (Å²) in [4.78, 5) is 25.9. The number of rotatable bonds is 4. The predicted molar refractivity (Wildman–Crippen MR) is 114 cm³/mol. The second-order valence-corrected chi connectivity index (χ2v) is 6.76. The third-order valence-electron chi connectivity index (χ3n) is 4.51. The Morgan fingerprint density at radius 3 is 2.34 bits per heavy atom. The first-order valence-electron chi connectivity index (χ1n) is 8.84. The fraction of sp³-hybridized carbons (Fsp3) is 0.0435. The Morgan fingerprint density at radius 2 is 1.66 bits per heavy atom. The summed E-state index contributed by atoms with van der Waals surface area (Å²) >= 11 is 5.89. The van der Waals surface area contributed by atoms with Crippen LogP contribution in [0.4, 0.5) is 5.88 Å². The minimum atomic E-state index is -0.408. The highest BCUT2D eigenvalue weighted by molar-refractivity contribution is 6.30. The molecular weight excluding hydrogens is 390 g/mol. The lowest BCUT2D eigenvalue weighted by molar-refractivity contribution is 0.102. The van der Waals surface area contributed by atoms with E-state index in [1.807, 2.05) is 0 Å². The molecule has 0 spiro atoms. The van der Waals surface area contributed by atoms with Crippen LogP contribution in [-0.4, -0.2) is 13.0 Å². The third kappa shape index (κ3) is 3.73. The number of amides is 1. The molecule has 3 aromatic carbocycles. The Kier molecular flexibility index (Phi) is 5.06. The van der Waals surface area contributed by atoms with Gasteiger partial charge in [-0.3, -0.25) is 14.9 Å². The molecule has 0 saturated carbocycles. The van der Waals surface area contributed by atoms with Crippen molar-refractivity contribution in [3.63, 3.8) is 0 Å². The normalized spacial score (nSPS) is 10.7. The van der Waals surface area contributed by atoms with Crippen molar-refractivity contribution in [2.45, 2.75) is 0 Å². The fourth-order valence-corrected chi connectivity index (χ4v) is 3.15. The van der Waals surface area contributed by atoms with Gasteiger partial charge in [-0.2, -0.15) is 0 Å². The first-order chi connectivity index (χ1) is 14.1. The minimum absolute atomic E-state index is 0.0822. The summed E-state index contributed by atoms with van der Waals surface area (Å²) in [5, 5.41) is 3.69. The molecule has 0 aliphatic rings. The summed E-state index contributed by atoms with van der Waals surface area (Å²) in [7, 11) is 1.57. The molecule has 0 radical (unpaired) electrons. The lowest BCUT2D eigenvalue weighted by Crippen LogP contribution is -2.16. The molecule has 1 amide bonds. The maximum atomic E-state index is 13.2. The molecule has 0 bridgehead atoms. The van der Waals surface area contributed by atoms with Crippen LogP contribution in [-0.2, 0) is 0 Å². The van der Waals surface area contributed by atoms with E-state index in [0.29, 0.717) is 32.9 Å². The van der Waals surface area contributed by atoms with E-state index >= 15 is 0 Å². The third-order valence-corrected chi connectivity index (χ3v) is 4.76. The molecule has 1 heterocycles. The second kappa shape index (κ2) is 7.81. The van der Waals surface area contributed by atoms with Crippen molar-refractivity contribution in [2.75, 3.05) is 12.4 Å². The van der Waals surface area contributed by atoms with Gasteiger partial charge in [0.2, 0.25) is 11.3 Å². The Balaban J connectivity index is 1.85. The molecule has 0 unspecified atom stereocenters. The quantitative estimate of drug-likeness (QED) is 0.495. The first-order valence-corrected chi connectivity index (χ1v) is 9.22. The molecule has 1 aromatic heterocycles. The average Bonchev–Trinajstić information content (AvgIpc) is 2.74. The highest BCUT2D eigenvalue weighted by Crippen LogP contribution is 2.30. The number of halogens is 1. The molecule has 0 atom stereocenters. The van der Waals surface area contributed by atoms with Crippen LogP contribution in [0.3, 0.4) is 0 Å². The molecule has 0 fully saturated rings. The number of nitrogens with one attached hydrogen (secondary N) is 1. The lowest BCUT2D eigenvalue weighted by Gasteiger charge is -2.12. The van der Waals surface area contributed by atoms with Crippen LogP contribution >= 0.6 is 11.6 Å². The van der Waals surface area contributed by atoms with Gasteiger partial charge in [-0.05, 0) is 54.1 Å². The number of ether oxygens (including phenoxy) is 1. The largest absolute Gasteiger partial charge is 0.497 e. The van der Waals surface area contributed by atoms with Crippen LogP contribution in [0, 0.1) is 0 Å².